The molecule has 2 aromatic carbocycles. The van der Waals surface area contributed by atoms with Crippen molar-refractivity contribution in [3.63, 3.8) is 0 Å². The highest BCUT2D eigenvalue weighted by atomic mass is 79.9. The zero-order valence-corrected chi connectivity index (χ0v) is 12.9. The van der Waals surface area contributed by atoms with E-state index in [9.17, 15) is 0 Å². The molecule has 20 heavy (non-hydrogen) atoms. The standard InChI is InChI=1S/C16H16BrN3/c1-2-20-16-6-4-3-5-14(16)15(19-20)11-18-13-9-7-12(17)8-10-13/h3-10,18H,2,11H2,1H3. The normalized spacial score (nSPS) is 10.9. The molecule has 0 radical (unpaired) electrons. The number of para-hydroxylation sites is 1. The average molecular weight is 330 g/mol. The predicted octanol–water partition coefficient (Wildman–Crippen LogP) is 4.43. The Kier molecular flexibility index (Phi) is 3.74. The van der Waals surface area contributed by atoms with Crippen molar-refractivity contribution in [3.05, 3.63) is 58.7 Å². The number of hydrogen-bond donors (Lipinski definition) is 1. The Hall–Kier alpha value is -1.81. The van der Waals surface area contributed by atoms with Crippen LogP contribution in [0.3, 0.4) is 0 Å². The summed E-state index contributed by atoms with van der Waals surface area (Å²) < 4.78 is 3.14. The van der Waals surface area contributed by atoms with Gasteiger partial charge in [-0.2, -0.15) is 5.10 Å². The Balaban J connectivity index is 1.85. The van der Waals surface area contributed by atoms with Crippen LogP contribution < -0.4 is 5.32 Å². The van der Waals surface area contributed by atoms with Crippen LogP contribution >= 0.6 is 15.9 Å². The largest absolute Gasteiger partial charge is 0.379 e. The Labute approximate surface area is 126 Å². The van der Waals surface area contributed by atoms with E-state index in [1.165, 1.54) is 10.9 Å². The van der Waals surface area contributed by atoms with E-state index in [0.29, 0.717) is 0 Å². The van der Waals surface area contributed by atoms with Gasteiger partial charge in [-0.05, 0) is 37.3 Å². The summed E-state index contributed by atoms with van der Waals surface area (Å²) in [7, 11) is 0. The van der Waals surface area contributed by atoms with E-state index in [2.05, 4.69) is 69.7 Å². The number of nitrogens with zero attached hydrogens (tertiary/aromatic N) is 2. The molecule has 0 unspecified atom stereocenters. The second kappa shape index (κ2) is 5.67. The molecular formula is C16H16BrN3. The molecule has 3 aromatic rings. The number of benzene rings is 2. The lowest BCUT2D eigenvalue weighted by atomic mass is 10.2. The molecule has 0 fully saturated rings. The second-order valence-corrected chi connectivity index (χ2v) is 5.56. The fourth-order valence-electron chi connectivity index (χ4n) is 2.32. The molecule has 4 heteroatoms. The number of hydrogen-bond acceptors (Lipinski definition) is 2. The van der Waals surface area contributed by atoms with Gasteiger partial charge in [0.2, 0.25) is 0 Å². The SMILES string of the molecule is CCn1nc(CNc2ccc(Br)cc2)c2ccccc21. The lowest BCUT2D eigenvalue weighted by molar-refractivity contribution is 0.671. The maximum atomic E-state index is 4.69. The van der Waals surface area contributed by atoms with Crippen molar-refractivity contribution in [2.24, 2.45) is 0 Å². The molecule has 102 valence electrons. The van der Waals surface area contributed by atoms with Crippen LogP contribution in [0.25, 0.3) is 10.9 Å². The number of halogens is 1. The van der Waals surface area contributed by atoms with Crippen LogP contribution in [0.2, 0.25) is 0 Å². The van der Waals surface area contributed by atoms with Crippen molar-refractivity contribution in [1.29, 1.82) is 0 Å². The van der Waals surface area contributed by atoms with Crippen LogP contribution in [0.4, 0.5) is 5.69 Å². The second-order valence-electron chi connectivity index (χ2n) is 4.64. The number of rotatable bonds is 4. The molecule has 1 heterocycles. The van der Waals surface area contributed by atoms with Crippen molar-refractivity contribution in [1.82, 2.24) is 9.78 Å². The van der Waals surface area contributed by atoms with Crippen molar-refractivity contribution < 1.29 is 0 Å². The molecule has 0 bridgehead atoms. The smallest absolute Gasteiger partial charge is 0.0894 e. The van der Waals surface area contributed by atoms with E-state index in [4.69, 9.17) is 0 Å². The van der Waals surface area contributed by atoms with Crippen LogP contribution in [0.5, 0.6) is 0 Å². The zero-order chi connectivity index (χ0) is 13.9. The highest BCUT2D eigenvalue weighted by Gasteiger charge is 2.08. The molecule has 0 saturated heterocycles. The summed E-state index contributed by atoms with van der Waals surface area (Å²) >= 11 is 3.44. The molecule has 0 saturated carbocycles. The fourth-order valence-corrected chi connectivity index (χ4v) is 2.59. The monoisotopic (exact) mass is 329 g/mol. The van der Waals surface area contributed by atoms with Gasteiger partial charge < -0.3 is 5.32 Å². The Morgan fingerprint density at radius 1 is 1.10 bits per heavy atom. The summed E-state index contributed by atoms with van der Waals surface area (Å²) in [6, 6.07) is 16.6. The first-order valence-corrected chi connectivity index (χ1v) is 7.51. The van der Waals surface area contributed by atoms with Crippen molar-refractivity contribution in [2.75, 3.05) is 5.32 Å². The van der Waals surface area contributed by atoms with Gasteiger partial charge in [0, 0.05) is 22.1 Å². The topological polar surface area (TPSA) is 29.9 Å². The van der Waals surface area contributed by atoms with Gasteiger partial charge in [-0.1, -0.05) is 34.1 Å². The lowest BCUT2D eigenvalue weighted by Gasteiger charge is -2.04. The van der Waals surface area contributed by atoms with Gasteiger partial charge in [-0.25, -0.2) is 0 Å². The summed E-state index contributed by atoms with van der Waals surface area (Å²) in [6.07, 6.45) is 0. The van der Waals surface area contributed by atoms with Gasteiger partial charge in [-0.15, -0.1) is 0 Å². The number of nitrogens with one attached hydrogen (secondary N) is 1. The molecule has 3 nitrogen and oxygen atoms in total. The van der Waals surface area contributed by atoms with Crippen LogP contribution in [0, 0.1) is 0 Å². The van der Waals surface area contributed by atoms with Crippen molar-refractivity contribution >= 4 is 32.5 Å². The molecule has 1 aromatic heterocycles. The Morgan fingerprint density at radius 3 is 2.60 bits per heavy atom. The molecule has 0 aliphatic rings. The van der Waals surface area contributed by atoms with E-state index in [0.717, 1.165) is 28.9 Å². The average Bonchev–Trinajstić information content (AvgIpc) is 2.85. The Bertz CT molecular complexity index is 716. The first kappa shape index (κ1) is 13.2. The molecule has 1 N–H and O–H groups in total. The van der Waals surface area contributed by atoms with E-state index >= 15 is 0 Å². The molecule has 0 atom stereocenters. The van der Waals surface area contributed by atoms with Gasteiger partial charge in [0.1, 0.15) is 0 Å². The van der Waals surface area contributed by atoms with Crippen LogP contribution in [0.1, 0.15) is 12.6 Å². The summed E-state index contributed by atoms with van der Waals surface area (Å²) in [5.41, 5.74) is 3.39. The van der Waals surface area contributed by atoms with Crippen LogP contribution in [0.15, 0.2) is 53.0 Å². The third kappa shape index (κ3) is 2.56. The number of aryl methyl sites for hydroxylation is 1. The molecule has 0 spiro atoms. The molecule has 0 aliphatic heterocycles. The van der Waals surface area contributed by atoms with E-state index in [-0.39, 0.29) is 0 Å². The van der Waals surface area contributed by atoms with Gasteiger partial charge in [0.25, 0.3) is 0 Å². The van der Waals surface area contributed by atoms with Crippen molar-refractivity contribution in [2.45, 2.75) is 20.0 Å². The third-order valence-corrected chi connectivity index (χ3v) is 3.87. The first-order chi connectivity index (χ1) is 9.78. The summed E-state index contributed by atoms with van der Waals surface area (Å²) in [4.78, 5) is 0. The Morgan fingerprint density at radius 2 is 1.85 bits per heavy atom. The first-order valence-electron chi connectivity index (χ1n) is 6.72. The van der Waals surface area contributed by atoms with Gasteiger partial charge in [0.15, 0.2) is 0 Å². The highest BCUT2D eigenvalue weighted by Crippen LogP contribution is 2.20. The summed E-state index contributed by atoms with van der Waals surface area (Å²) in [5, 5.41) is 9.33. The quantitative estimate of drug-likeness (QED) is 0.767. The number of aromatic nitrogens is 2. The number of fused-ring (bicyclic) bond motifs is 1. The number of anilines is 1. The van der Waals surface area contributed by atoms with E-state index in [1.54, 1.807) is 0 Å². The summed E-state index contributed by atoms with van der Waals surface area (Å²) in [6.45, 7) is 3.74. The lowest BCUT2D eigenvalue weighted by Crippen LogP contribution is -2.02. The molecular weight excluding hydrogens is 314 g/mol. The summed E-state index contributed by atoms with van der Waals surface area (Å²) in [5.74, 6) is 0. The highest BCUT2D eigenvalue weighted by molar-refractivity contribution is 9.10. The van der Waals surface area contributed by atoms with Gasteiger partial charge in [-0.3, -0.25) is 4.68 Å². The predicted molar refractivity (Wildman–Crippen MR) is 86.9 cm³/mol. The molecule has 0 amide bonds. The van der Waals surface area contributed by atoms with Crippen LogP contribution in [-0.4, -0.2) is 9.78 Å². The maximum Gasteiger partial charge on any atom is 0.0894 e. The minimum absolute atomic E-state index is 0.731. The minimum Gasteiger partial charge on any atom is -0.379 e. The van der Waals surface area contributed by atoms with E-state index in [1.807, 2.05) is 16.8 Å². The van der Waals surface area contributed by atoms with Gasteiger partial charge in [0.05, 0.1) is 17.8 Å². The fraction of sp³-hybridized carbons (Fsp3) is 0.188. The van der Waals surface area contributed by atoms with Crippen molar-refractivity contribution in [3.8, 4) is 0 Å². The third-order valence-electron chi connectivity index (χ3n) is 3.34. The molecule has 0 aliphatic carbocycles. The molecule has 3 rings (SSSR count). The zero-order valence-electron chi connectivity index (χ0n) is 11.3. The minimum atomic E-state index is 0.731. The van der Waals surface area contributed by atoms with E-state index < -0.39 is 0 Å². The maximum absolute atomic E-state index is 4.69. The van der Waals surface area contributed by atoms with Crippen LogP contribution in [-0.2, 0) is 13.1 Å². The van der Waals surface area contributed by atoms with Gasteiger partial charge >= 0.3 is 0 Å².